The van der Waals surface area contributed by atoms with Crippen molar-refractivity contribution in [1.29, 1.82) is 0 Å². The lowest BCUT2D eigenvalue weighted by molar-refractivity contribution is 0.0690. The molecule has 146 valence electrons. The molecule has 3 aliphatic rings. The Morgan fingerprint density at radius 3 is 2.72 bits per heavy atom. The molecule has 5 rings (SSSR count). The summed E-state index contributed by atoms with van der Waals surface area (Å²) < 4.78 is 0. The summed E-state index contributed by atoms with van der Waals surface area (Å²) in [6.45, 7) is 7.22. The Hall–Kier alpha value is -2.91. The molecule has 2 heterocycles. The van der Waals surface area contributed by atoms with Gasteiger partial charge >= 0.3 is 5.97 Å². The fourth-order valence-electron chi connectivity index (χ4n) is 4.76. The predicted octanol–water partition coefficient (Wildman–Crippen LogP) is 4.94. The standard InChI is InChI=1S/C22H19ClN4O2/c1-24-18-8-5-13(11-16(18)23)27-21(12-3-2-4-12)15-7-9-17-14(20(15)26-27)6-10-19(25-17)22(28)29/h5-6,8,10-12,15,21H,2-4,7,9H2,(H,28,29). The number of benzene rings is 1. The van der Waals surface area contributed by atoms with Crippen molar-refractivity contribution in [1.82, 2.24) is 4.98 Å². The summed E-state index contributed by atoms with van der Waals surface area (Å²) in [6.07, 6.45) is 5.30. The summed E-state index contributed by atoms with van der Waals surface area (Å²) in [5.74, 6) is -0.134. The van der Waals surface area contributed by atoms with Crippen LogP contribution in [0.4, 0.5) is 11.4 Å². The number of anilines is 1. The van der Waals surface area contributed by atoms with E-state index in [1.807, 2.05) is 18.2 Å². The van der Waals surface area contributed by atoms with Gasteiger partial charge in [-0.25, -0.2) is 14.6 Å². The monoisotopic (exact) mass is 406 g/mol. The lowest BCUT2D eigenvalue weighted by Crippen LogP contribution is -2.44. The Morgan fingerprint density at radius 1 is 1.24 bits per heavy atom. The number of fused-ring (bicyclic) bond motifs is 3. The Labute approximate surface area is 173 Å². The van der Waals surface area contributed by atoms with E-state index in [0.717, 1.165) is 35.5 Å². The van der Waals surface area contributed by atoms with E-state index in [9.17, 15) is 9.90 Å². The largest absolute Gasteiger partial charge is 0.477 e. The summed E-state index contributed by atoms with van der Waals surface area (Å²) in [7, 11) is 0. The van der Waals surface area contributed by atoms with Crippen LogP contribution in [0.1, 0.15) is 47.4 Å². The van der Waals surface area contributed by atoms with Crippen molar-refractivity contribution < 1.29 is 9.90 Å². The SMILES string of the molecule is [C-]#[N+]c1ccc(N2N=C3c4ccc(C(=O)O)nc4CCC3C2C2CCC2)cc1Cl. The first-order valence-electron chi connectivity index (χ1n) is 9.85. The molecule has 6 nitrogen and oxygen atoms in total. The van der Waals surface area contributed by atoms with Gasteiger partial charge in [-0.05, 0) is 55.9 Å². The lowest BCUT2D eigenvalue weighted by atomic mass is 9.70. The molecular formula is C22H19ClN4O2. The second-order valence-corrected chi connectivity index (χ2v) is 8.31. The van der Waals surface area contributed by atoms with Gasteiger partial charge in [-0.3, -0.25) is 5.01 Å². The van der Waals surface area contributed by atoms with Gasteiger partial charge in [0.2, 0.25) is 5.69 Å². The number of carbonyl (C=O) groups is 1. The summed E-state index contributed by atoms with van der Waals surface area (Å²) in [5, 5.41) is 16.8. The highest BCUT2D eigenvalue weighted by Gasteiger charge is 2.46. The van der Waals surface area contributed by atoms with Crippen molar-refractivity contribution in [2.75, 3.05) is 5.01 Å². The zero-order valence-corrected chi connectivity index (χ0v) is 16.4. The highest BCUT2D eigenvalue weighted by Crippen LogP contribution is 2.46. The van der Waals surface area contributed by atoms with Gasteiger partial charge in [-0.2, -0.15) is 5.10 Å². The molecule has 1 fully saturated rings. The van der Waals surface area contributed by atoms with Crippen LogP contribution in [0.2, 0.25) is 5.02 Å². The third-order valence-corrected chi connectivity index (χ3v) is 6.67. The summed E-state index contributed by atoms with van der Waals surface area (Å²) >= 11 is 6.31. The van der Waals surface area contributed by atoms with E-state index >= 15 is 0 Å². The van der Waals surface area contributed by atoms with Gasteiger partial charge in [-0.15, -0.1) is 0 Å². The van der Waals surface area contributed by atoms with Crippen LogP contribution < -0.4 is 5.01 Å². The number of aryl methyl sites for hydroxylation is 1. The van der Waals surface area contributed by atoms with Crippen LogP contribution in [0.5, 0.6) is 0 Å². The topological polar surface area (TPSA) is 70.2 Å². The molecule has 2 unspecified atom stereocenters. The molecule has 0 amide bonds. The summed E-state index contributed by atoms with van der Waals surface area (Å²) in [6, 6.07) is 9.18. The predicted molar refractivity (Wildman–Crippen MR) is 111 cm³/mol. The molecule has 1 aliphatic heterocycles. The number of aromatic carboxylic acids is 1. The van der Waals surface area contributed by atoms with Gasteiger partial charge in [-0.1, -0.05) is 24.1 Å². The first-order chi connectivity index (χ1) is 14.1. The molecule has 1 aromatic heterocycles. The molecule has 0 spiro atoms. The normalized spacial score (nSPS) is 22.9. The molecule has 2 atom stereocenters. The maximum absolute atomic E-state index is 11.3. The van der Waals surface area contributed by atoms with Crippen LogP contribution in [0, 0.1) is 18.4 Å². The van der Waals surface area contributed by atoms with Crippen LogP contribution in [0.3, 0.4) is 0 Å². The number of hydrogen-bond acceptors (Lipinski definition) is 4. The molecule has 2 aromatic rings. The highest BCUT2D eigenvalue weighted by molar-refractivity contribution is 6.33. The van der Waals surface area contributed by atoms with E-state index in [1.165, 1.54) is 19.3 Å². The third-order valence-electron chi connectivity index (χ3n) is 6.37. The quantitative estimate of drug-likeness (QED) is 0.733. The van der Waals surface area contributed by atoms with Crippen LogP contribution in [-0.2, 0) is 6.42 Å². The van der Waals surface area contributed by atoms with Crippen LogP contribution in [0.25, 0.3) is 4.85 Å². The molecule has 1 N–H and O–H groups in total. The van der Waals surface area contributed by atoms with E-state index in [1.54, 1.807) is 12.1 Å². The van der Waals surface area contributed by atoms with Gasteiger partial charge < -0.3 is 5.11 Å². The molecule has 29 heavy (non-hydrogen) atoms. The minimum Gasteiger partial charge on any atom is -0.477 e. The first kappa shape index (κ1) is 18.1. The van der Waals surface area contributed by atoms with Crippen molar-refractivity contribution in [3.8, 4) is 0 Å². The van der Waals surface area contributed by atoms with E-state index < -0.39 is 5.97 Å². The van der Waals surface area contributed by atoms with Crippen molar-refractivity contribution >= 4 is 34.7 Å². The van der Waals surface area contributed by atoms with Crippen LogP contribution >= 0.6 is 11.6 Å². The zero-order valence-electron chi connectivity index (χ0n) is 15.7. The molecule has 2 aliphatic carbocycles. The van der Waals surface area contributed by atoms with E-state index in [0.29, 0.717) is 22.5 Å². The molecule has 0 radical (unpaired) electrons. The fraction of sp³-hybridized carbons (Fsp3) is 0.364. The second-order valence-electron chi connectivity index (χ2n) is 7.90. The van der Waals surface area contributed by atoms with Gasteiger partial charge in [0.25, 0.3) is 0 Å². The lowest BCUT2D eigenvalue weighted by Gasteiger charge is -2.40. The van der Waals surface area contributed by atoms with E-state index in [4.69, 9.17) is 23.3 Å². The number of aromatic nitrogens is 1. The number of pyridine rings is 1. The Balaban J connectivity index is 1.58. The molecule has 0 bridgehead atoms. The van der Waals surface area contributed by atoms with E-state index in [-0.39, 0.29) is 11.7 Å². The third kappa shape index (κ3) is 2.89. The number of carboxylic acids is 1. The first-order valence-corrected chi connectivity index (χ1v) is 10.2. The number of hydrazone groups is 1. The Bertz CT molecular complexity index is 1090. The van der Waals surface area contributed by atoms with Gasteiger partial charge in [0.05, 0.1) is 29.7 Å². The van der Waals surface area contributed by atoms with Crippen molar-refractivity contribution in [2.24, 2.45) is 16.9 Å². The van der Waals surface area contributed by atoms with Gasteiger partial charge in [0.15, 0.2) is 0 Å². The van der Waals surface area contributed by atoms with Crippen molar-refractivity contribution in [3.63, 3.8) is 0 Å². The number of nitrogens with zero attached hydrogens (tertiary/aromatic N) is 4. The summed E-state index contributed by atoms with van der Waals surface area (Å²) in [5.41, 5.74) is 4.19. The maximum atomic E-state index is 11.3. The molecule has 1 aromatic carbocycles. The molecular weight excluding hydrogens is 388 g/mol. The number of rotatable bonds is 3. The maximum Gasteiger partial charge on any atom is 0.354 e. The van der Waals surface area contributed by atoms with Crippen LogP contribution in [-0.4, -0.2) is 27.8 Å². The average molecular weight is 407 g/mol. The molecule has 0 saturated heterocycles. The van der Waals surface area contributed by atoms with Crippen LogP contribution in [0.15, 0.2) is 35.4 Å². The second kappa shape index (κ2) is 6.85. The Kier molecular flexibility index (Phi) is 4.29. The summed E-state index contributed by atoms with van der Waals surface area (Å²) in [4.78, 5) is 19.1. The number of carboxylic acid groups (broad SMARTS) is 1. The number of halogens is 1. The number of hydrogen-bond donors (Lipinski definition) is 1. The minimum atomic E-state index is -1.01. The smallest absolute Gasteiger partial charge is 0.354 e. The van der Waals surface area contributed by atoms with Gasteiger partial charge in [0.1, 0.15) is 5.69 Å². The van der Waals surface area contributed by atoms with E-state index in [2.05, 4.69) is 14.8 Å². The average Bonchev–Trinajstić information content (AvgIpc) is 3.05. The van der Waals surface area contributed by atoms with Gasteiger partial charge in [0, 0.05) is 16.5 Å². The highest BCUT2D eigenvalue weighted by atomic mass is 35.5. The molecule has 1 saturated carbocycles. The zero-order chi connectivity index (χ0) is 20.1. The fourth-order valence-corrected chi connectivity index (χ4v) is 4.97. The molecule has 7 heteroatoms. The van der Waals surface area contributed by atoms with Crippen molar-refractivity contribution in [2.45, 2.75) is 38.1 Å². The van der Waals surface area contributed by atoms with Crippen molar-refractivity contribution in [3.05, 3.63) is 63.7 Å². The minimum absolute atomic E-state index is 0.0784. The Morgan fingerprint density at radius 2 is 2.07 bits per heavy atom.